The van der Waals surface area contributed by atoms with Crippen LogP contribution in [0.15, 0.2) is 0 Å². The summed E-state index contributed by atoms with van der Waals surface area (Å²) in [5.41, 5.74) is 5.98. The molecule has 7 nitrogen and oxygen atoms in total. The minimum absolute atomic E-state index is 0.162. The Balaban J connectivity index is 0. The second kappa shape index (κ2) is 19.3. The van der Waals surface area contributed by atoms with E-state index in [2.05, 4.69) is 16.0 Å². The maximum Gasteiger partial charge on any atom is 0.242 e. The van der Waals surface area contributed by atoms with Crippen LogP contribution in [0.4, 0.5) is 0 Å². The summed E-state index contributed by atoms with van der Waals surface area (Å²) in [6, 6.07) is -1.17. The molecule has 0 aromatic rings. The Labute approximate surface area is 184 Å². The van der Waals surface area contributed by atoms with Gasteiger partial charge < -0.3 is 21.7 Å². The molecular weight excluding hydrogens is 380 g/mol. The van der Waals surface area contributed by atoms with Crippen LogP contribution in [0.2, 0.25) is 0 Å². The highest BCUT2D eigenvalue weighted by Gasteiger charge is 2.23. The molecule has 0 bridgehead atoms. The molecule has 1 aliphatic rings. The number of rotatable bonds is 10. The minimum atomic E-state index is -0.588. The highest BCUT2D eigenvalue weighted by atomic mass is 16.2. The Morgan fingerprint density at radius 2 is 1.50 bits per heavy atom. The quantitative estimate of drug-likeness (QED) is 0.428. The van der Waals surface area contributed by atoms with Gasteiger partial charge in [0.2, 0.25) is 17.7 Å². The third kappa shape index (κ3) is 14.4. The minimum Gasteiger partial charge on any atom is -0.355 e. The zero-order valence-electron chi connectivity index (χ0n) is 20.5. The van der Waals surface area contributed by atoms with Crippen LogP contribution in [0.25, 0.3) is 0 Å². The van der Waals surface area contributed by atoms with E-state index in [4.69, 9.17) is 5.73 Å². The lowest BCUT2D eigenvalue weighted by Gasteiger charge is -2.24. The van der Waals surface area contributed by atoms with Gasteiger partial charge in [-0.05, 0) is 31.6 Å². The standard InChI is InChI=1S/C19H36N4O3.2C2H6/c1-4-21-19(26)16(10-13(2)3)23-17(24)12-22-18(25)15(20)11-14-8-6-5-7-9-14;2*1-2/h13-16H,4-12,20H2,1-3H3,(H,21,26)(H,22,25)(H,23,24);2*1-2H3/t15-,16-;;/m0../s1. The molecule has 0 aromatic carbocycles. The molecular formula is C23H48N4O3. The highest BCUT2D eigenvalue weighted by Crippen LogP contribution is 2.26. The molecule has 7 heteroatoms. The lowest BCUT2D eigenvalue weighted by atomic mass is 9.85. The first kappa shape index (κ1) is 30.6. The van der Waals surface area contributed by atoms with E-state index in [-0.39, 0.29) is 30.2 Å². The van der Waals surface area contributed by atoms with E-state index < -0.39 is 12.1 Å². The van der Waals surface area contributed by atoms with Crippen LogP contribution in [-0.2, 0) is 14.4 Å². The van der Waals surface area contributed by atoms with Gasteiger partial charge in [-0.2, -0.15) is 0 Å². The maximum atomic E-state index is 12.1. The zero-order valence-corrected chi connectivity index (χ0v) is 20.5. The van der Waals surface area contributed by atoms with Crippen molar-refractivity contribution in [2.24, 2.45) is 17.6 Å². The van der Waals surface area contributed by atoms with E-state index in [1.165, 1.54) is 19.3 Å². The van der Waals surface area contributed by atoms with Crippen molar-refractivity contribution in [3.8, 4) is 0 Å². The SMILES string of the molecule is CC.CC.CCNC(=O)[C@H](CC(C)C)NC(=O)CNC(=O)[C@@H](N)CC1CCCCC1. The fraction of sp³-hybridized carbons (Fsp3) is 0.870. The number of hydrogen-bond donors (Lipinski definition) is 4. The topological polar surface area (TPSA) is 113 Å². The Kier molecular flexibility index (Phi) is 19.7. The predicted octanol–water partition coefficient (Wildman–Crippen LogP) is 3.12. The van der Waals surface area contributed by atoms with Crippen molar-refractivity contribution in [3.05, 3.63) is 0 Å². The average Bonchev–Trinajstić information content (AvgIpc) is 2.75. The van der Waals surface area contributed by atoms with Crippen LogP contribution in [0, 0.1) is 11.8 Å². The van der Waals surface area contributed by atoms with Crippen molar-refractivity contribution in [2.45, 2.75) is 105 Å². The van der Waals surface area contributed by atoms with Gasteiger partial charge in [-0.3, -0.25) is 14.4 Å². The Morgan fingerprint density at radius 1 is 0.933 bits per heavy atom. The summed E-state index contributed by atoms with van der Waals surface area (Å²) < 4.78 is 0. The highest BCUT2D eigenvalue weighted by molar-refractivity contribution is 5.91. The molecule has 5 N–H and O–H groups in total. The fourth-order valence-electron chi connectivity index (χ4n) is 3.43. The summed E-state index contributed by atoms with van der Waals surface area (Å²) in [5, 5.41) is 8.02. The number of nitrogens with one attached hydrogen (secondary N) is 3. The first-order valence-electron chi connectivity index (χ1n) is 11.9. The van der Waals surface area contributed by atoms with Gasteiger partial charge in [0.1, 0.15) is 6.04 Å². The Bertz CT molecular complexity index is 463. The molecule has 1 fully saturated rings. The largest absolute Gasteiger partial charge is 0.355 e. The molecule has 0 aromatic heterocycles. The molecule has 1 rings (SSSR count). The Morgan fingerprint density at radius 3 is 2.00 bits per heavy atom. The number of amides is 3. The number of nitrogens with two attached hydrogens (primary N) is 1. The smallest absolute Gasteiger partial charge is 0.242 e. The van der Waals surface area contributed by atoms with E-state index in [0.717, 1.165) is 12.8 Å². The lowest BCUT2D eigenvalue weighted by Crippen LogP contribution is -2.51. The summed E-state index contributed by atoms with van der Waals surface area (Å²) in [4.78, 5) is 36.3. The number of carbonyl (C=O) groups is 3. The lowest BCUT2D eigenvalue weighted by molar-refractivity contribution is -0.130. The molecule has 3 amide bonds. The van der Waals surface area contributed by atoms with Gasteiger partial charge in [-0.1, -0.05) is 73.6 Å². The van der Waals surface area contributed by atoms with Gasteiger partial charge >= 0.3 is 0 Å². The molecule has 0 unspecified atom stereocenters. The summed E-state index contributed by atoms with van der Waals surface area (Å²) in [6.07, 6.45) is 7.16. The molecule has 30 heavy (non-hydrogen) atoms. The van der Waals surface area contributed by atoms with E-state index in [9.17, 15) is 14.4 Å². The van der Waals surface area contributed by atoms with Crippen LogP contribution < -0.4 is 21.7 Å². The van der Waals surface area contributed by atoms with E-state index in [1.807, 2.05) is 48.5 Å². The zero-order chi connectivity index (χ0) is 23.5. The summed E-state index contributed by atoms with van der Waals surface area (Å²) in [7, 11) is 0. The van der Waals surface area contributed by atoms with Gasteiger partial charge in [0.15, 0.2) is 0 Å². The van der Waals surface area contributed by atoms with Gasteiger partial charge in [-0.25, -0.2) is 0 Å². The summed E-state index contributed by atoms with van der Waals surface area (Å²) in [5.74, 6) is -0.105. The average molecular weight is 429 g/mol. The van der Waals surface area contributed by atoms with Crippen molar-refractivity contribution >= 4 is 17.7 Å². The van der Waals surface area contributed by atoms with Crippen molar-refractivity contribution < 1.29 is 14.4 Å². The van der Waals surface area contributed by atoms with E-state index in [1.54, 1.807) is 0 Å². The number of likely N-dealkylation sites (N-methyl/N-ethyl adjacent to an activating group) is 1. The van der Waals surface area contributed by atoms with E-state index >= 15 is 0 Å². The summed E-state index contributed by atoms with van der Waals surface area (Å²) >= 11 is 0. The molecule has 0 heterocycles. The van der Waals surface area contributed by atoms with Crippen LogP contribution >= 0.6 is 0 Å². The Hall–Kier alpha value is -1.63. The summed E-state index contributed by atoms with van der Waals surface area (Å²) in [6.45, 7) is 14.2. The van der Waals surface area contributed by atoms with Gasteiger partial charge in [0.05, 0.1) is 12.6 Å². The molecule has 1 saturated carbocycles. The van der Waals surface area contributed by atoms with Crippen LogP contribution in [0.5, 0.6) is 0 Å². The molecule has 178 valence electrons. The van der Waals surface area contributed by atoms with Crippen molar-refractivity contribution in [2.75, 3.05) is 13.1 Å². The van der Waals surface area contributed by atoms with Crippen molar-refractivity contribution in [1.82, 2.24) is 16.0 Å². The first-order chi connectivity index (χ1) is 14.3. The molecule has 0 spiro atoms. The van der Waals surface area contributed by atoms with Gasteiger partial charge in [-0.15, -0.1) is 0 Å². The van der Waals surface area contributed by atoms with Crippen LogP contribution in [0.3, 0.4) is 0 Å². The second-order valence-electron chi connectivity index (χ2n) is 7.71. The predicted molar refractivity (Wildman–Crippen MR) is 125 cm³/mol. The van der Waals surface area contributed by atoms with Crippen molar-refractivity contribution in [3.63, 3.8) is 0 Å². The molecule has 0 aliphatic heterocycles. The third-order valence-electron chi connectivity index (χ3n) is 4.78. The second-order valence-corrected chi connectivity index (χ2v) is 7.71. The molecule has 0 radical (unpaired) electrons. The third-order valence-corrected chi connectivity index (χ3v) is 4.78. The van der Waals surface area contributed by atoms with E-state index in [0.29, 0.717) is 25.3 Å². The van der Waals surface area contributed by atoms with Crippen LogP contribution in [-0.4, -0.2) is 42.9 Å². The monoisotopic (exact) mass is 428 g/mol. The molecule has 2 atom stereocenters. The fourth-order valence-corrected chi connectivity index (χ4v) is 3.43. The number of carbonyl (C=O) groups excluding carboxylic acids is 3. The maximum absolute atomic E-state index is 12.1. The molecule has 1 aliphatic carbocycles. The van der Waals surface area contributed by atoms with Crippen LogP contribution in [0.1, 0.15) is 93.4 Å². The molecule has 0 saturated heterocycles. The normalized spacial score (nSPS) is 15.5. The van der Waals surface area contributed by atoms with Crippen molar-refractivity contribution in [1.29, 1.82) is 0 Å². The van der Waals surface area contributed by atoms with Gasteiger partial charge in [0, 0.05) is 6.54 Å². The first-order valence-corrected chi connectivity index (χ1v) is 11.9. The van der Waals surface area contributed by atoms with Gasteiger partial charge in [0.25, 0.3) is 0 Å². The number of hydrogen-bond acceptors (Lipinski definition) is 4.